The molecule has 0 unspecified atom stereocenters. The van der Waals surface area contributed by atoms with Gasteiger partial charge < -0.3 is 5.32 Å². The van der Waals surface area contributed by atoms with Crippen LogP contribution in [0.25, 0.3) is 0 Å². The third kappa shape index (κ3) is 12.2. The second kappa shape index (κ2) is 13.2. The van der Waals surface area contributed by atoms with Gasteiger partial charge in [0.15, 0.2) is 0 Å². The summed E-state index contributed by atoms with van der Waals surface area (Å²) in [6.45, 7) is 4.65. The minimum atomic E-state index is 0.824. The van der Waals surface area contributed by atoms with Crippen LogP contribution in [0.3, 0.4) is 0 Å². The molecule has 14 heavy (non-hydrogen) atoms. The molecule has 0 heterocycles. The summed E-state index contributed by atoms with van der Waals surface area (Å²) < 4.78 is 0. The summed E-state index contributed by atoms with van der Waals surface area (Å²) in [4.78, 5) is 0. The van der Waals surface area contributed by atoms with E-state index in [1.54, 1.807) is 0 Å². The molecule has 0 aromatic heterocycles. The largest absolute Gasteiger partial charge is 0.317 e. The molecule has 0 aliphatic heterocycles. The highest BCUT2D eigenvalue weighted by Gasteiger charge is 1.90. The highest BCUT2D eigenvalue weighted by molar-refractivity contribution is 6.17. The lowest BCUT2D eigenvalue weighted by molar-refractivity contribution is 0.565. The Morgan fingerprint density at radius 3 is 1.93 bits per heavy atom. The van der Waals surface area contributed by atoms with Crippen LogP contribution >= 0.6 is 11.6 Å². The Bertz CT molecular complexity index is 84.3. The van der Waals surface area contributed by atoms with E-state index in [1.807, 2.05) is 0 Å². The fourth-order valence-corrected chi connectivity index (χ4v) is 1.69. The van der Waals surface area contributed by atoms with Crippen molar-refractivity contribution in [3.05, 3.63) is 0 Å². The second-order valence-corrected chi connectivity index (χ2v) is 4.29. The standard InChI is InChI=1S/C12H26ClN/c1-2-3-4-8-11-14-12-9-6-5-7-10-13/h14H,2-12H2,1H3. The van der Waals surface area contributed by atoms with Crippen molar-refractivity contribution in [3.8, 4) is 0 Å². The molecule has 0 fully saturated rings. The first kappa shape index (κ1) is 14.2. The maximum absolute atomic E-state index is 5.60. The van der Waals surface area contributed by atoms with Crippen molar-refractivity contribution in [2.45, 2.75) is 58.3 Å². The maximum Gasteiger partial charge on any atom is 0.0223 e. The zero-order chi connectivity index (χ0) is 10.5. The van der Waals surface area contributed by atoms with Crippen molar-refractivity contribution >= 4 is 11.6 Å². The van der Waals surface area contributed by atoms with E-state index in [0.717, 1.165) is 5.88 Å². The van der Waals surface area contributed by atoms with Crippen LogP contribution in [0.15, 0.2) is 0 Å². The number of alkyl halides is 1. The maximum atomic E-state index is 5.60. The van der Waals surface area contributed by atoms with Gasteiger partial charge in [0.25, 0.3) is 0 Å². The lowest BCUT2D eigenvalue weighted by atomic mass is 10.2. The Morgan fingerprint density at radius 1 is 0.786 bits per heavy atom. The van der Waals surface area contributed by atoms with E-state index in [-0.39, 0.29) is 0 Å². The highest BCUT2D eigenvalue weighted by Crippen LogP contribution is 2.00. The molecule has 0 saturated heterocycles. The molecule has 0 rings (SSSR count). The van der Waals surface area contributed by atoms with Gasteiger partial charge in [-0.2, -0.15) is 0 Å². The molecule has 0 aliphatic rings. The predicted octanol–water partition coefficient (Wildman–Crippen LogP) is 3.96. The predicted molar refractivity (Wildman–Crippen MR) is 66.2 cm³/mol. The van der Waals surface area contributed by atoms with Crippen LogP contribution in [0, 0.1) is 0 Å². The molecule has 0 aromatic carbocycles. The van der Waals surface area contributed by atoms with Crippen LogP contribution in [0.4, 0.5) is 0 Å². The average molecular weight is 220 g/mol. The van der Waals surface area contributed by atoms with Crippen molar-refractivity contribution in [1.82, 2.24) is 5.32 Å². The van der Waals surface area contributed by atoms with Gasteiger partial charge in [0, 0.05) is 5.88 Å². The Morgan fingerprint density at radius 2 is 1.36 bits per heavy atom. The van der Waals surface area contributed by atoms with E-state index in [0.29, 0.717) is 0 Å². The van der Waals surface area contributed by atoms with Gasteiger partial charge in [-0.25, -0.2) is 0 Å². The van der Waals surface area contributed by atoms with Crippen molar-refractivity contribution in [2.24, 2.45) is 0 Å². The number of halogens is 1. The summed E-state index contributed by atoms with van der Waals surface area (Å²) in [7, 11) is 0. The van der Waals surface area contributed by atoms with E-state index < -0.39 is 0 Å². The summed E-state index contributed by atoms with van der Waals surface area (Å²) in [5, 5.41) is 3.49. The Labute approximate surface area is 94.6 Å². The van der Waals surface area contributed by atoms with Gasteiger partial charge in [0.2, 0.25) is 0 Å². The van der Waals surface area contributed by atoms with Gasteiger partial charge in [-0.15, -0.1) is 11.6 Å². The van der Waals surface area contributed by atoms with Crippen LogP contribution in [0.1, 0.15) is 58.3 Å². The first-order valence-corrected chi connectivity index (χ1v) is 6.72. The Balaban J connectivity index is 2.78. The smallest absolute Gasteiger partial charge is 0.0223 e. The topological polar surface area (TPSA) is 12.0 Å². The third-order valence-corrected chi connectivity index (χ3v) is 2.71. The lowest BCUT2D eigenvalue weighted by Gasteiger charge is -2.03. The highest BCUT2D eigenvalue weighted by atomic mass is 35.5. The zero-order valence-electron chi connectivity index (χ0n) is 9.66. The number of hydrogen-bond donors (Lipinski definition) is 1. The quantitative estimate of drug-likeness (QED) is 0.410. The average Bonchev–Trinajstić information content (AvgIpc) is 2.21. The molecule has 2 heteroatoms. The Kier molecular flexibility index (Phi) is 13.5. The minimum Gasteiger partial charge on any atom is -0.317 e. The fraction of sp³-hybridized carbons (Fsp3) is 1.00. The van der Waals surface area contributed by atoms with Crippen molar-refractivity contribution < 1.29 is 0 Å². The summed E-state index contributed by atoms with van der Waals surface area (Å²) >= 11 is 5.60. The monoisotopic (exact) mass is 219 g/mol. The minimum absolute atomic E-state index is 0.824. The fourth-order valence-electron chi connectivity index (χ4n) is 1.50. The molecule has 1 N–H and O–H groups in total. The van der Waals surface area contributed by atoms with Crippen LogP contribution in [0.2, 0.25) is 0 Å². The normalized spacial score (nSPS) is 10.7. The van der Waals surface area contributed by atoms with Crippen LogP contribution in [-0.4, -0.2) is 19.0 Å². The van der Waals surface area contributed by atoms with Gasteiger partial charge in [-0.3, -0.25) is 0 Å². The molecular formula is C12H26ClN. The third-order valence-electron chi connectivity index (χ3n) is 2.44. The molecule has 0 spiro atoms. The molecule has 0 bridgehead atoms. The van der Waals surface area contributed by atoms with Gasteiger partial charge in [-0.1, -0.05) is 39.0 Å². The summed E-state index contributed by atoms with van der Waals surface area (Å²) in [6, 6.07) is 0. The van der Waals surface area contributed by atoms with Gasteiger partial charge in [0.1, 0.15) is 0 Å². The molecule has 1 nitrogen and oxygen atoms in total. The van der Waals surface area contributed by atoms with E-state index in [4.69, 9.17) is 11.6 Å². The number of hydrogen-bond acceptors (Lipinski definition) is 1. The first-order chi connectivity index (χ1) is 6.91. The molecule has 0 amide bonds. The van der Waals surface area contributed by atoms with Gasteiger partial charge in [0.05, 0.1) is 0 Å². The lowest BCUT2D eigenvalue weighted by Crippen LogP contribution is -2.16. The molecular weight excluding hydrogens is 194 g/mol. The molecule has 0 atom stereocenters. The summed E-state index contributed by atoms with van der Waals surface area (Å²) in [6.07, 6.45) is 10.6. The first-order valence-electron chi connectivity index (χ1n) is 6.18. The SMILES string of the molecule is CCCCCCNCCCCCCCl. The molecule has 0 aromatic rings. The van der Waals surface area contributed by atoms with E-state index in [1.165, 1.54) is 64.5 Å². The number of unbranched alkanes of at least 4 members (excludes halogenated alkanes) is 6. The van der Waals surface area contributed by atoms with Crippen LogP contribution in [0.5, 0.6) is 0 Å². The summed E-state index contributed by atoms with van der Waals surface area (Å²) in [5.74, 6) is 0.824. The van der Waals surface area contributed by atoms with Crippen molar-refractivity contribution in [3.63, 3.8) is 0 Å². The van der Waals surface area contributed by atoms with E-state index in [9.17, 15) is 0 Å². The van der Waals surface area contributed by atoms with Gasteiger partial charge >= 0.3 is 0 Å². The second-order valence-electron chi connectivity index (χ2n) is 3.91. The number of nitrogens with one attached hydrogen (secondary N) is 1. The van der Waals surface area contributed by atoms with E-state index >= 15 is 0 Å². The Hall–Kier alpha value is 0.250. The van der Waals surface area contributed by atoms with Crippen molar-refractivity contribution in [1.29, 1.82) is 0 Å². The van der Waals surface area contributed by atoms with Gasteiger partial charge in [-0.05, 0) is 32.4 Å². The van der Waals surface area contributed by atoms with Crippen molar-refractivity contribution in [2.75, 3.05) is 19.0 Å². The molecule has 0 radical (unpaired) electrons. The number of rotatable bonds is 11. The van der Waals surface area contributed by atoms with Crippen LogP contribution < -0.4 is 5.32 Å². The molecule has 0 saturated carbocycles. The summed E-state index contributed by atoms with van der Waals surface area (Å²) in [5.41, 5.74) is 0. The van der Waals surface area contributed by atoms with E-state index in [2.05, 4.69) is 12.2 Å². The van der Waals surface area contributed by atoms with Crippen LogP contribution in [-0.2, 0) is 0 Å². The zero-order valence-corrected chi connectivity index (χ0v) is 10.4. The molecule has 86 valence electrons. The molecule has 0 aliphatic carbocycles.